The molecule has 2 N–H and O–H groups in total. The minimum atomic E-state index is -4.58. The number of nitrogens with one attached hydrogen (secondary N) is 2. The van der Waals surface area contributed by atoms with Crippen LogP contribution in [0, 0.1) is 0 Å². The lowest BCUT2D eigenvalue weighted by molar-refractivity contribution is -0.137. The van der Waals surface area contributed by atoms with Gasteiger partial charge in [0, 0.05) is 57.8 Å². The molecule has 2 aliphatic heterocycles. The van der Waals surface area contributed by atoms with Crippen molar-refractivity contribution >= 4 is 29.2 Å². The molecule has 3 fully saturated rings. The Kier molecular flexibility index (Phi) is 6.57. The average molecular weight is 504 g/mol. The van der Waals surface area contributed by atoms with E-state index >= 15 is 0 Å². The Balaban J connectivity index is 1.27. The number of anilines is 4. The molecule has 1 aromatic heterocycles. The van der Waals surface area contributed by atoms with E-state index in [1.54, 1.807) is 4.90 Å². The van der Waals surface area contributed by atoms with E-state index in [0.29, 0.717) is 25.4 Å². The van der Waals surface area contributed by atoms with Crippen LogP contribution in [0.2, 0.25) is 0 Å². The number of benzene rings is 1. The zero-order valence-corrected chi connectivity index (χ0v) is 20.6. The zero-order valence-electron chi connectivity index (χ0n) is 20.6. The van der Waals surface area contributed by atoms with E-state index in [1.165, 1.54) is 0 Å². The Labute approximate surface area is 208 Å². The summed E-state index contributed by atoms with van der Waals surface area (Å²) in [5.41, 5.74) is 2.09. The molecule has 194 valence electrons. The van der Waals surface area contributed by atoms with Gasteiger partial charge in [0.1, 0.15) is 11.4 Å². The molecule has 2 aromatic rings. The van der Waals surface area contributed by atoms with Gasteiger partial charge >= 0.3 is 12.2 Å². The van der Waals surface area contributed by atoms with Crippen molar-refractivity contribution in [2.24, 2.45) is 0 Å². The molecule has 2 amide bonds. The largest absolute Gasteiger partial charge is 0.421 e. The smallest absolute Gasteiger partial charge is 0.378 e. The molecule has 3 aliphatic rings. The van der Waals surface area contributed by atoms with Gasteiger partial charge in [-0.1, -0.05) is 0 Å². The van der Waals surface area contributed by atoms with Crippen molar-refractivity contribution in [3.8, 4) is 0 Å². The predicted molar refractivity (Wildman–Crippen MR) is 133 cm³/mol. The van der Waals surface area contributed by atoms with E-state index in [4.69, 9.17) is 0 Å². The van der Waals surface area contributed by atoms with Gasteiger partial charge in [0.15, 0.2) is 0 Å². The van der Waals surface area contributed by atoms with E-state index in [1.807, 2.05) is 36.0 Å². The number of fused-ring (bicyclic) bond motifs is 1. The molecule has 1 saturated carbocycles. The topological polar surface area (TPSA) is 76.6 Å². The Hall–Kier alpha value is -3.24. The van der Waals surface area contributed by atoms with Crippen LogP contribution in [0.15, 0.2) is 24.4 Å². The van der Waals surface area contributed by atoms with Crippen LogP contribution in [0.4, 0.5) is 41.1 Å². The van der Waals surface area contributed by atoms with Crippen LogP contribution in [-0.4, -0.2) is 72.1 Å². The van der Waals surface area contributed by atoms with Gasteiger partial charge in [-0.15, -0.1) is 0 Å². The fourth-order valence-electron chi connectivity index (χ4n) is 5.03. The van der Waals surface area contributed by atoms with Gasteiger partial charge in [-0.25, -0.2) is 9.78 Å². The Morgan fingerprint density at radius 1 is 1.19 bits per heavy atom. The summed E-state index contributed by atoms with van der Waals surface area (Å²) in [7, 11) is 3.94. The molecule has 0 radical (unpaired) electrons. The number of rotatable bonds is 9. The molecular weight excluding hydrogens is 471 g/mol. The van der Waals surface area contributed by atoms with Crippen molar-refractivity contribution in [1.29, 1.82) is 0 Å². The molecule has 36 heavy (non-hydrogen) atoms. The second-order valence-corrected chi connectivity index (χ2v) is 10.0. The summed E-state index contributed by atoms with van der Waals surface area (Å²) in [6.07, 6.45) is 0.997. The van der Waals surface area contributed by atoms with Crippen molar-refractivity contribution in [3.05, 3.63) is 35.5 Å². The van der Waals surface area contributed by atoms with Gasteiger partial charge in [0.2, 0.25) is 5.95 Å². The van der Waals surface area contributed by atoms with Crippen LogP contribution in [0.25, 0.3) is 0 Å². The molecule has 1 atom stereocenters. The number of amides is 2. The maximum Gasteiger partial charge on any atom is 0.421 e. The maximum atomic E-state index is 13.6. The fraction of sp³-hybridized carbons (Fsp3) is 0.560. The van der Waals surface area contributed by atoms with Crippen LogP contribution in [-0.2, 0) is 6.18 Å². The standard InChI is InChI=1S/C25H32F3N7O/c1-33(2)17-8-9-21(19(13-17)16-6-7-16)31-23-30-14-20(25(26,27)28)22(32-23)29-10-4-11-34-15-18-5-3-12-35(18)24(34)36/h8-9,13-14,16,18H,3-7,10-12,15H2,1-2H3,(H2,29,30,31,32)/t18-/m0/s1. The van der Waals surface area contributed by atoms with Gasteiger partial charge in [0.05, 0.1) is 6.04 Å². The van der Waals surface area contributed by atoms with Gasteiger partial charge in [-0.3, -0.25) is 0 Å². The Morgan fingerprint density at radius 3 is 2.69 bits per heavy atom. The van der Waals surface area contributed by atoms with Crippen LogP contribution in [0.5, 0.6) is 0 Å². The molecule has 2 saturated heterocycles. The highest BCUT2D eigenvalue weighted by Gasteiger charge is 2.39. The highest BCUT2D eigenvalue weighted by atomic mass is 19.4. The number of halogens is 3. The quantitative estimate of drug-likeness (QED) is 0.475. The van der Waals surface area contributed by atoms with E-state index < -0.39 is 11.7 Å². The van der Waals surface area contributed by atoms with Crippen LogP contribution in [0.1, 0.15) is 49.1 Å². The van der Waals surface area contributed by atoms with E-state index in [2.05, 4.69) is 26.7 Å². The van der Waals surface area contributed by atoms with Gasteiger partial charge in [0.25, 0.3) is 0 Å². The molecule has 0 bridgehead atoms. The summed E-state index contributed by atoms with van der Waals surface area (Å²) >= 11 is 0. The Bertz CT molecular complexity index is 1120. The summed E-state index contributed by atoms with van der Waals surface area (Å²) in [6, 6.07) is 6.31. The van der Waals surface area contributed by atoms with Gasteiger partial charge in [-0.05, 0) is 61.8 Å². The number of carbonyl (C=O) groups is 1. The lowest BCUT2D eigenvalue weighted by Gasteiger charge is -2.19. The first kappa shape index (κ1) is 24.5. The number of aromatic nitrogens is 2. The van der Waals surface area contributed by atoms with Crippen molar-refractivity contribution in [2.75, 3.05) is 55.8 Å². The molecular formula is C25H32F3N7O. The summed E-state index contributed by atoms with van der Waals surface area (Å²) in [6.45, 7) is 2.26. The third kappa shape index (κ3) is 5.15. The van der Waals surface area contributed by atoms with Crippen molar-refractivity contribution < 1.29 is 18.0 Å². The van der Waals surface area contributed by atoms with Gasteiger partial charge in [-0.2, -0.15) is 18.2 Å². The number of urea groups is 1. The molecule has 11 heteroatoms. The third-order valence-corrected chi connectivity index (χ3v) is 7.13. The average Bonchev–Trinajstić information content (AvgIpc) is 3.50. The first-order chi connectivity index (χ1) is 17.2. The minimum absolute atomic E-state index is 0.0359. The van der Waals surface area contributed by atoms with Crippen molar-refractivity contribution in [2.45, 2.75) is 50.2 Å². The summed E-state index contributed by atoms with van der Waals surface area (Å²) in [4.78, 5) is 26.3. The lowest BCUT2D eigenvalue weighted by atomic mass is 10.1. The summed E-state index contributed by atoms with van der Waals surface area (Å²) < 4.78 is 40.9. The van der Waals surface area contributed by atoms with Crippen molar-refractivity contribution in [1.82, 2.24) is 19.8 Å². The lowest BCUT2D eigenvalue weighted by Crippen LogP contribution is -2.33. The van der Waals surface area contributed by atoms with Crippen molar-refractivity contribution in [3.63, 3.8) is 0 Å². The molecule has 1 aromatic carbocycles. The van der Waals surface area contributed by atoms with Crippen LogP contribution >= 0.6 is 0 Å². The van der Waals surface area contributed by atoms with Crippen LogP contribution in [0.3, 0.4) is 0 Å². The highest BCUT2D eigenvalue weighted by Crippen LogP contribution is 2.45. The third-order valence-electron chi connectivity index (χ3n) is 7.13. The second-order valence-electron chi connectivity index (χ2n) is 10.0. The molecule has 3 heterocycles. The number of hydrogen-bond donors (Lipinski definition) is 2. The first-order valence-electron chi connectivity index (χ1n) is 12.5. The normalized spacial score (nSPS) is 19.6. The fourth-order valence-corrected chi connectivity index (χ4v) is 5.03. The monoisotopic (exact) mass is 503 g/mol. The molecule has 1 aliphatic carbocycles. The zero-order chi connectivity index (χ0) is 25.4. The van der Waals surface area contributed by atoms with Gasteiger partial charge < -0.3 is 25.3 Å². The first-order valence-corrected chi connectivity index (χ1v) is 12.5. The number of carbonyl (C=O) groups excluding carboxylic acids is 1. The van der Waals surface area contributed by atoms with Crippen LogP contribution < -0.4 is 15.5 Å². The molecule has 0 spiro atoms. The SMILES string of the molecule is CN(C)c1ccc(Nc2ncc(C(F)(F)F)c(NCCCN3C[C@@H]4CCCN4C3=O)n2)c(C2CC2)c1. The second kappa shape index (κ2) is 9.67. The van der Waals surface area contributed by atoms with E-state index in [0.717, 1.165) is 55.4 Å². The van der Waals surface area contributed by atoms with E-state index in [9.17, 15) is 18.0 Å². The summed E-state index contributed by atoms with van der Waals surface area (Å²) in [5, 5.41) is 5.98. The Morgan fingerprint density at radius 2 is 2.00 bits per heavy atom. The van der Waals surface area contributed by atoms with E-state index in [-0.39, 0.29) is 30.4 Å². The molecule has 8 nitrogen and oxygen atoms in total. The number of nitrogens with zero attached hydrogens (tertiary/aromatic N) is 5. The highest BCUT2D eigenvalue weighted by molar-refractivity contribution is 5.77. The number of hydrogen-bond acceptors (Lipinski definition) is 6. The number of alkyl halides is 3. The molecule has 0 unspecified atom stereocenters. The summed E-state index contributed by atoms with van der Waals surface area (Å²) in [5.74, 6) is 0.287. The molecule has 5 rings (SSSR count). The minimum Gasteiger partial charge on any atom is -0.378 e. The maximum absolute atomic E-state index is 13.6. The predicted octanol–water partition coefficient (Wildman–Crippen LogP) is 4.88.